The van der Waals surface area contributed by atoms with Gasteiger partial charge < -0.3 is 30.7 Å². The number of carbonyl (C=O) groups excluding carboxylic acids is 3. The SMILES string of the molecule is CC(C)c1nc(CN(C)C(=O)N[C@H](C(=O)N[C@@H](Cc2ccccc2)C[C@H](O)[C@H](Cc2ccccc2)NC(=O)OCc2cncs2)C(C)C)cs1.CS(=O)(=O)O. The quantitative estimate of drug-likeness (QED) is 0.0859. The normalized spacial score (nSPS) is 13.5. The van der Waals surface area contributed by atoms with Crippen LogP contribution in [0, 0.1) is 5.92 Å². The third-order valence-corrected chi connectivity index (χ3v) is 10.1. The summed E-state index contributed by atoms with van der Waals surface area (Å²) >= 11 is 2.95. The van der Waals surface area contributed by atoms with Crippen LogP contribution in [0.3, 0.4) is 0 Å². The van der Waals surface area contributed by atoms with Crippen molar-refractivity contribution in [3.8, 4) is 0 Å². The van der Waals surface area contributed by atoms with Crippen molar-refractivity contribution in [2.24, 2.45) is 5.92 Å². The van der Waals surface area contributed by atoms with Gasteiger partial charge in [-0.15, -0.1) is 22.7 Å². The molecule has 0 saturated heterocycles. The van der Waals surface area contributed by atoms with Gasteiger partial charge in [0.1, 0.15) is 12.6 Å². The molecule has 2 aromatic heterocycles. The molecule has 0 unspecified atom stereocenters. The summed E-state index contributed by atoms with van der Waals surface area (Å²) in [6, 6.07) is 16.8. The van der Waals surface area contributed by atoms with Gasteiger partial charge in [-0.2, -0.15) is 8.42 Å². The Bertz CT molecular complexity index is 1850. The number of rotatable bonds is 17. The Morgan fingerprint density at radius 2 is 1.51 bits per heavy atom. The molecule has 0 aliphatic carbocycles. The summed E-state index contributed by atoms with van der Waals surface area (Å²) in [4.78, 5) is 51.0. The predicted molar refractivity (Wildman–Crippen MR) is 214 cm³/mol. The van der Waals surface area contributed by atoms with Crippen molar-refractivity contribution in [1.29, 1.82) is 0 Å². The summed E-state index contributed by atoms with van der Waals surface area (Å²) < 4.78 is 31.3. The largest absolute Gasteiger partial charge is 0.444 e. The fourth-order valence-corrected chi connectivity index (χ4v) is 6.72. The van der Waals surface area contributed by atoms with Crippen LogP contribution >= 0.6 is 22.7 Å². The third kappa shape index (κ3) is 17.3. The average molecular weight is 817 g/mol. The van der Waals surface area contributed by atoms with Crippen molar-refractivity contribution in [3.63, 3.8) is 0 Å². The first-order chi connectivity index (χ1) is 26.0. The Balaban J connectivity index is 0.00000152. The summed E-state index contributed by atoms with van der Waals surface area (Å²) in [6.07, 6.45) is 1.55. The standard InChI is InChI=1S/C37H48N6O5S2.CH4O3S/c1-24(2)33(42-36(46)43(5)20-29-22-49-35(40-29)25(3)4)34(45)39-28(16-26-12-8-6-9-13-26)18-32(44)31(17-27-14-10-7-11-15-27)41-37(47)48-21-30-19-38-23-50-30;1-5(2,3)4/h6-15,19,22-25,28,31-33,44H,16-18,20-21H2,1-5H3,(H,39,45)(H,41,47)(H,42,46);1H3,(H,2,3,4)/t28-,31-,32-,33-;/m0./s1. The van der Waals surface area contributed by atoms with E-state index in [9.17, 15) is 27.9 Å². The highest BCUT2D eigenvalue weighted by Crippen LogP contribution is 2.20. The van der Waals surface area contributed by atoms with E-state index in [2.05, 4.69) is 39.8 Å². The van der Waals surface area contributed by atoms with E-state index < -0.39 is 40.4 Å². The minimum atomic E-state index is -3.67. The van der Waals surface area contributed by atoms with E-state index in [0.29, 0.717) is 31.6 Å². The molecule has 4 amide bonds. The van der Waals surface area contributed by atoms with Crippen LogP contribution in [0.15, 0.2) is 77.8 Å². The number of ether oxygens (including phenoxy) is 1. The number of aromatic nitrogens is 2. The first kappa shape index (κ1) is 45.0. The van der Waals surface area contributed by atoms with Gasteiger partial charge in [-0.25, -0.2) is 14.6 Å². The van der Waals surface area contributed by atoms with E-state index in [1.807, 2.05) is 79.9 Å². The Hall–Kier alpha value is -4.42. The molecular formula is C38H52N6O8S3. The van der Waals surface area contributed by atoms with Gasteiger partial charge in [0.2, 0.25) is 5.91 Å². The molecule has 17 heteroatoms. The topological polar surface area (TPSA) is 200 Å². The highest BCUT2D eigenvalue weighted by atomic mass is 32.2. The Morgan fingerprint density at radius 1 is 0.909 bits per heavy atom. The maximum atomic E-state index is 13.9. The zero-order valence-corrected chi connectivity index (χ0v) is 34.4. The van der Waals surface area contributed by atoms with Crippen molar-refractivity contribution >= 4 is 50.8 Å². The second-order valence-electron chi connectivity index (χ2n) is 13.8. The zero-order chi connectivity index (χ0) is 40.5. The van der Waals surface area contributed by atoms with Gasteiger partial charge in [-0.1, -0.05) is 88.4 Å². The van der Waals surface area contributed by atoms with Crippen LogP contribution in [0.4, 0.5) is 9.59 Å². The lowest BCUT2D eigenvalue weighted by Crippen LogP contribution is -2.55. The summed E-state index contributed by atoms with van der Waals surface area (Å²) in [5, 5.41) is 23.5. The number of aliphatic hydroxyl groups is 1. The van der Waals surface area contributed by atoms with E-state index >= 15 is 0 Å². The first-order valence-electron chi connectivity index (χ1n) is 17.7. The molecule has 0 aliphatic rings. The monoisotopic (exact) mass is 816 g/mol. The average Bonchev–Trinajstić information content (AvgIpc) is 3.82. The molecule has 2 aromatic carbocycles. The second-order valence-corrected chi connectivity index (χ2v) is 17.1. The van der Waals surface area contributed by atoms with Crippen molar-refractivity contribution in [2.75, 3.05) is 13.3 Å². The van der Waals surface area contributed by atoms with Crippen LogP contribution in [0.25, 0.3) is 0 Å². The van der Waals surface area contributed by atoms with Gasteiger partial charge in [0, 0.05) is 30.6 Å². The van der Waals surface area contributed by atoms with Crippen LogP contribution in [0.2, 0.25) is 0 Å². The van der Waals surface area contributed by atoms with Crippen LogP contribution in [0.1, 0.15) is 66.7 Å². The van der Waals surface area contributed by atoms with Crippen molar-refractivity contribution < 1.29 is 37.2 Å². The Labute approximate surface area is 331 Å². The van der Waals surface area contributed by atoms with Crippen molar-refractivity contribution in [1.82, 2.24) is 30.8 Å². The van der Waals surface area contributed by atoms with Gasteiger partial charge in [0.25, 0.3) is 10.1 Å². The molecule has 0 spiro atoms. The number of aliphatic hydroxyl groups excluding tert-OH is 1. The molecule has 55 heavy (non-hydrogen) atoms. The highest BCUT2D eigenvalue weighted by molar-refractivity contribution is 7.85. The summed E-state index contributed by atoms with van der Waals surface area (Å²) in [5.74, 6) is -0.277. The van der Waals surface area contributed by atoms with Crippen LogP contribution in [-0.4, -0.2) is 88.5 Å². The van der Waals surface area contributed by atoms with Gasteiger partial charge in [0.15, 0.2) is 0 Å². The zero-order valence-electron chi connectivity index (χ0n) is 31.9. The number of hydrogen-bond donors (Lipinski definition) is 5. The summed E-state index contributed by atoms with van der Waals surface area (Å²) in [5.41, 5.74) is 4.35. The van der Waals surface area contributed by atoms with Crippen LogP contribution in [0.5, 0.6) is 0 Å². The maximum Gasteiger partial charge on any atom is 0.407 e. The van der Waals surface area contributed by atoms with Gasteiger partial charge in [-0.3, -0.25) is 14.3 Å². The molecule has 5 N–H and O–H groups in total. The van der Waals surface area contributed by atoms with E-state index in [-0.39, 0.29) is 30.9 Å². The molecule has 300 valence electrons. The van der Waals surface area contributed by atoms with Gasteiger partial charge in [-0.05, 0) is 36.3 Å². The first-order valence-corrected chi connectivity index (χ1v) is 21.3. The van der Waals surface area contributed by atoms with Gasteiger partial charge in [0.05, 0.1) is 46.0 Å². The summed E-state index contributed by atoms with van der Waals surface area (Å²) in [6.45, 7) is 8.28. The smallest absolute Gasteiger partial charge is 0.407 e. The second kappa shape index (κ2) is 22.2. The third-order valence-electron chi connectivity index (χ3n) is 8.13. The molecule has 14 nitrogen and oxygen atoms in total. The molecule has 0 fully saturated rings. The number of nitrogens with zero attached hydrogens (tertiary/aromatic N) is 3. The number of carbonyl (C=O) groups is 3. The molecular weight excluding hydrogens is 765 g/mol. The number of hydrogen-bond acceptors (Lipinski definition) is 11. The number of thiazole rings is 2. The van der Waals surface area contributed by atoms with Crippen molar-refractivity contribution in [3.05, 3.63) is 104 Å². The lowest BCUT2D eigenvalue weighted by molar-refractivity contribution is -0.124. The highest BCUT2D eigenvalue weighted by Gasteiger charge is 2.31. The van der Waals surface area contributed by atoms with E-state index in [1.165, 1.54) is 16.2 Å². The molecule has 2 heterocycles. The molecule has 0 radical (unpaired) electrons. The fraction of sp³-hybridized carbons (Fsp3) is 0.447. The van der Waals surface area contributed by atoms with Crippen molar-refractivity contribution in [2.45, 2.75) is 90.3 Å². The van der Waals surface area contributed by atoms with E-state index in [4.69, 9.17) is 9.29 Å². The minimum Gasteiger partial charge on any atom is -0.444 e. The van der Waals surface area contributed by atoms with E-state index in [0.717, 1.165) is 26.7 Å². The lowest BCUT2D eigenvalue weighted by atomic mass is 9.93. The molecule has 0 saturated carbocycles. The number of amides is 4. The van der Waals surface area contributed by atoms with Crippen LogP contribution < -0.4 is 16.0 Å². The molecule has 4 atom stereocenters. The predicted octanol–water partition coefficient (Wildman–Crippen LogP) is 5.41. The van der Waals surface area contributed by atoms with Crippen LogP contribution in [-0.2, 0) is 45.6 Å². The number of nitrogens with one attached hydrogen (secondary N) is 3. The number of alkyl carbamates (subject to hydrolysis) is 1. The molecule has 4 rings (SSSR count). The summed E-state index contributed by atoms with van der Waals surface area (Å²) in [7, 11) is -1.99. The molecule has 4 aromatic rings. The van der Waals surface area contributed by atoms with E-state index in [1.54, 1.807) is 30.1 Å². The minimum absolute atomic E-state index is 0.0671. The Morgan fingerprint density at radius 3 is 2.04 bits per heavy atom. The Kier molecular flexibility index (Phi) is 18.2. The number of benzene rings is 2. The lowest BCUT2D eigenvalue weighted by Gasteiger charge is -2.30. The maximum absolute atomic E-state index is 13.9. The van der Waals surface area contributed by atoms with Gasteiger partial charge >= 0.3 is 12.1 Å². The molecule has 0 aliphatic heterocycles. The fourth-order valence-electron chi connectivity index (χ4n) is 5.39. The number of urea groups is 1. The molecule has 0 bridgehead atoms.